The number of hydrazone groups is 1. The Labute approximate surface area is 154 Å². The van der Waals surface area contributed by atoms with E-state index in [4.69, 9.17) is 0 Å². The fourth-order valence-corrected chi connectivity index (χ4v) is 2.29. The summed E-state index contributed by atoms with van der Waals surface area (Å²) in [6.07, 6.45) is 1.51. The molecule has 5 nitrogen and oxygen atoms in total. The number of benzene rings is 2. The molecule has 2 aromatic carbocycles. The van der Waals surface area contributed by atoms with Crippen LogP contribution in [0.1, 0.15) is 43.0 Å². The first-order valence-corrected chi connectivity index (χ1v) is 8.49. The van der Waals surface area contributed by atoms with Gasteiger partial charge in [-0.3, -0.25) is 9.59 Å². The quantitative estimate of drug-likeness (QED) is 0.503. The summed E-state index contributed by atoms with van der Waals surface area (Å²) in [6, 6.07) is 13.4. The molecule has 0 atom stereocenters. The lowest BCUT2D eigenvalue weighted by atomic mass is 9.87. The van der Waals surface area contributed by atoms with Gasteiger partial charge < -0.3 is 5.32 Å². The number of amides is 2. The molecule has 0 bridgehead atoms. The highest BCUT2D eigenvalue weighted by molar-refractivity contribution is 6.39. The maximum atomic E-state index is 11.9. The largest absolute Gasteiger partial charge is 0.329 e. The van der Waals surface area contributed by atoms with Crippen molar-refractivity contribution >= 4 is 23.7 Å². The summed E-state index contributed by atoms with van der Waals surface area (Å²) in [4.78, 5) is 23.7. The van der Waals surface area contributed by atoms with Gasteiger partial charge in [-0.15, -0.1) is 0 Å². The molecule has 0 radical (unpaired) electrons. The first-order valence-electron chi connectivity index (χ1n) is 8.49. The monoisotopic (exact) mass is 351 g/mol. The molecule has 2 amide bonds. The van der Waals surface area contributed by atoms with Crippen LogP contribution in [0, 0.1) is 13.8 Å². The average Bonchev–Trinajstić information content (AvgIpc) is 2.57. The smallest absolute Gasteiger partial charge is 0.318 e. The number of hydrogen-bond donors (Lipinski definition) is 2. The molecule has 2 aromatic rings. The average molecular weight is 351 g/mol. The van der Waals surface area contributed by atoms with Gasteiger partial charge in [-0.2, -0.15) is 5.10 Å². The first kappa shape index (κ1) is 19.4. The highest BCUT2D eigenvalue weighted by atomic mass is 16.2. The van der Waals surface area contributed by atoms with Crippen molar-refractivity contribution in [3.63, 3.8) is 0 Å². The second-order valence-electron chi connectivity index (χ2n) is 7.32. The molecule has 0 unspecified atom stereocenters. The van der Waals surface area contributed by atoms with Crippen LogP contribution in [0.15, 0.2) is 47.6 Å². The predicted molar refractivity (Wildman–Crippen MR) is 105 cm³/mol. The van der Waals surface area contributed by atoms with E-state index in [-0.39, 0.29) is 5.41 Å². The third kappa shape index (κ3) is 5.28. The molecule has 0 aliphatic rings. The molecule has 0 spiro atoms. The molecule has 0 aliphatic carbocycles. The van der Waals surface area contributed by atoms with Crippen LogP contribution in [-0.2, 0) is 15.0 Å². The van der Waals surface area contributed by atoms with Crippen molar-refractivity contribution in [1.82, 2.24) is 5.43 Å². The van der Waals surface area contributed by atoms with E-state index in [0.29, 0.717) is 5.69 Å². The second-order valence-corrected chi connectivity index (χ2v) is 7.32. The summed E-state index contributed by atoms with van der Waals surface area (Å²) in [5.41, 5.74) is 7.12. The summed E-state index contributed by atoms with van der Waals surface area (Å²) < 4.78 is 0. The number of anilines is 1. The van der Waals surface area contributed by atoms with Crippen molar-refractivity contribution in [2.24, 2.45) is 5.10 Å². The Morgan fingerprint density at radius 2 is 1.58 bits per heavy atom. The van der Waals surface area contributed by atoms with Gasteiger partial charge in [0.15, 0.2) is 0 Å². The normalized spacial score (nSPS) is 11.4. The van der Waals surface area contributed by atoms with Gasteiger partial charge in [-0.1, -0.05) is 51.1 Å². The van der Waals surface area contributed by atoms with E-state index in [2.05, 4.69) is 36.6 Å². The van der Waals surface area contributed by atoms with Gasteiger partial charge in [0.25, 0.3) is 0 Å². The zero-order valence-electron chi connectivity index (χ0n) is 15.9. The van der Waals surface area contributed by atoms with E-state index in [1.54, 1.807) is 6.07 Å². The number of rotatable bonds is 3. The summed E-state index contributed by atoms with van der Waals surface area (Å²) in [7, 11) is 0. The van der Waals surface area contributed by atoms with Gasteiger partial charge >= 0.3 is 11.8 Å². The number of carbonyl (C=O) groups excluding carboxylic acids is 2. The molecule has 0 fully saturated rings. The number of nitrogens with one attached hydrogen (secondary N) is 2. The molecule has 26 heavy (non-hydrogen) atoms. The fourth-order valence-electron chi connectivity index (χ4n) is 2.29. The lowest BCUT2D eigenvalue weighted by Gasteiger charge is -2.18. The molecular weight excluding hydrogens is 326 g/mol. The van der Waals surface area contributed by atoms with Crippen molar-refractivity contribution in [3.05, 3.63) is 64.7 Å². The molecule has 0 saturated carbocycles. The summed E-state index contributed by atoms with van der Waals surface area (Å²) in [5, 5.41) is 6.40. The Kier molecular flexibility index (Phi) is 5.93. The molecule has 5 heteroatoms. The van der Waals surface area contributed by atoms with Crippen LogP contribution in [0.4, 0.5) is 5.69 Å². The lowest BCUT2D eigenvalue weighted by molar-refractivity contribution is -0.136. The van der Waals surface area contributed by atoms with Crippen LogP contribution in [-0.4, -0.2) is 18.0 Å². The summed E-state index contributed by atoms with van der Waals surface area (Å²) >= 11 is 0. The zero-order chi connectivity index (χ0) is 19.3. The fraction of sp³-hybridized carbons (Fsp3) is 0.286. The Morgan fingerprint density at radius 3 is 2.15 bits per heavy atom. The zero-order valence-corrected chi connectivity index (χ0v) is 15.9. The Bertz CT molecular complexity index is 831. The lowest BCUT2D eigenvalue weighted by Crippen LogP contribution is -2.32. The number of aryl methyl sites for hydroxylation is 2. The molecular formula is C21H25N3O2. The van der Waals surface area contributed by atoms with Crippen LogP contribution in [0.3, 0.4) is 0 Å². The van der Waals surface area contributed by atoms with Crippen molar-refractivity contribution < 1.29 is 9.59 Å². The van der Waals surface area contributed by atoms with Crippen LogP contribution >= 0.6 is 0 Å². The molecule has 0 heterocycles. The van der Waals surface area contributed by atoms with Crippen molar-refractivity contribution in [2.75, 3.05) is 5.32 Å². The van der Waals surface area contributed by atoms with Gasteiger partial charge in [0.2, 0.25) is 0 Å². The topological polar surface area (TPSA) is 70.6 Å². The third-order valence-electron chi connectivity index (χ3n) is 4.13. The van der Waals surface area contributed by atoms with Crippen LogP contribution in [0.25, 0.3) is 0 Å². The first-order chi connectivity index (χ1) is 12.2. The molecule has 2 N–H and O–H groups in total. The van der Waals surface area contributed by atoms with E-state index in [1.165, 1.54) is 11.8 Å². The van der Waals surface area contributed by atoms with E-state index in [9.17, 15) is 9.59 Å². The number of hydrogen-bond acceptors (Lipinski definition) is 3. The van der Waals surface area contributed by atoms with Crippen LogP contribution < -0.4 is 10.7 Å². The predicted octanol–water partition coefficient (Wildman–Crippen LogP) is 3.69. The van der Waals surface area contributed by atoms with Crippen LogP contribution in [0.5, 0.6) is 0 Å². The van der Waals surface area contributed by atoms with Crippen LogP contribution in [0.2, 0.25) is 0 Å². The maximum absolute atomic E-state index is 11.9. The Hall–Kier alpha value is -2.95. The van der Waals surface area contributed by atoms with E-state index < -0.39 is 11.8 Å². The molecule has 0 aromatic heterocycles. The van der Waals surface area contributed by atoms with E-state index >= 15 is 0 Å². The molecule has 2 rings (SSSR count). The third-order valence-corrected chi connectivity index (χ3v) is 4.13. The summed E-state index contributed by atoms with van der Waals surface area (Å²) in [6.45, 7) is 10.4. The van der Waals surface area contributed by atoms with Gasteiger partial charge in [-0.25, -0.2) is 5.43 Å². The SMILES string of the molecule is Cc1ccc(NC(=O)C(=O)N/N=C/c2ccc(C(C)(C)C)cc2)cc1C. The van der Waals surface area contributed by atoms with E-state index in [0.717, 1.165) is 16.7 Å². The number of nitrogens with zero attached hydrogens (tertiary/aromatic N) is 1. The van der Waals surface area contributed by atoms with Crippen molar-refractivity contribution in [1.29, 1.82) is 0 Å². The minimum absolute atomic E-state index is 0.0797. The van der Waals surface area contributed by atoms with Gasteiger partial charge in [0.1, 0.15) is 0 Å². The van der Waals surface area contributed by atoms with E-state index in [1.807, 2.05) is 50.2 Å². The molecule has 136 valence electrons. The Balaban J connectivity index is 1.91. The number of carbonyl (C=O) groups is 2. The summed E-state index contributed by atoms with van der Waals surface area (Å²) in [5.74, 6) is -1.57. The minimum atomic E-state index is -0.814. The maximum Gasteiger partial charge on any atom is 0.329 e. The van der Waals surface area contributed by atoms with Gasteiger partial charge in [-0.05, 0) is 53.6 Å². The highest BCUT2D eigenvalue weighted by Gasteiger charge is 2.14. The molecule has 0 saturated heterocycles. The van der Waals surface area contributed by atoms with Gasteiger partial charge in [0, 0.05) is 5.69 Å². The van der Waals surface area contributed by atoms with Crippen molar-refractivity contribution in [3.8, 4) is 0 Å². The van der Waals surface area contributed by atoms with Crippen molar-refractivity contribution in [2.45, 2.75) is 40.0 Å². The Morgan fingerprint density at radius 1 is 0.923 bits per heavy atom. The minimum Gasteiger partial charge on any atom is -0.318 e. The highest BCUT2D eigenvalue weighted by Crippen LogP contribution is 2.21. The second kappa shape index (κ2) is 7.95. The van der Waals surface area contributed by atoms with Gasteiger partial charge in [0.05, 0.1) is 6.21 Å². The standard InChI is InChI=1S/C21H25N3O2/c1-14-6-11-18(12-15(14)2)23-19(25)20(26)24-22-13-16-7-9-17(10-8-16)21(3,4)5/h6-13H,1-5H3,(H,23,25)(H,24,26)/b22-13+. The molecule has 0 aliphatic heterocycles.